The molecule has 1 aliphatic carbocycles. The zero-order chi connectivity index (χ0) is 12.8. The van der Waals surface area contributed by atoms with Crippen LogP contribution in [0.15, 0.2) is 17.3 Å². The maximum Gasteiger partial charge on any atom is 0.246 e. The van der Waals surface area contributed by atoms with Crippen LogP contribution in [-0.2, 0) is 10.0 Å². The summed E-state index contributed by atoms with van der Waals surface area (Å²) >= 11 is 0. The summed E-state index contributed by atoms with van der Waals surface area (Å²) in [6.07, 6.45) is 5.69. The summed E-state index contributed by atoms with van der Waals surface area (Å²) in [6.45, 7) is 0.629. The Morgan fingerprint density at radius 3 is 2.56 bits per heavy atom. The first-order valence-electron chi connectivity index (χ1n) is 5.92. The van der Waals surface area contributed by atoms with E-state index < -0.39 is 10.0 Å². The van der Waals surface area contributed by atoms with Gasteiger partial charge in [0.1, 0.15) is 4.90 Å². The Kier molecular flexibility index (Phi) is 2.72. The number of aromatic nitrogens is 2. The van der Waals surface area contributed by atoms with Crippen molar-refractivity contribution in [1.29, 1.82) is 0 Å². The molecule has 2 atom stereocenters. The summed E-state index contributed by atoms with van der Waals surface area (Å²) in [5, 5.41) is 0. The average Bonchev–Trinajstić information content (AvgIpc) is 3.01. The third-order valence-corrected chi connectivity index (χ3v) is 5.59. The fraction of sp³-hybridized carbons (Fsp3) is 0.600. The lowest BCUT2D eigenvalue weighted by atomic mass is 10.1. The lowest BCUT2D eigenvalue weighted by Crippen LogP contribution is -2.37. The number of fused-ring (bicyclic) bond motifs is 2. The Bertz CT molecular complexity index is 544. The van der Waals surface area contributed by atoms with Crippen molar-refractivity contribution in [1.82, 2.24) is 14.3 Å². The molecule has 1 aromatic heterocycles. The van der Waals surface area contributed by atoms with Gasteiger partial charge in [-0.15, -0.1) is 0 Å². The molecule has 0 radical (unpaired) electrons. The van der Waals surface area contributed by atoms with Crippen molar-refractivity contribution in [2.24, 2.45) is 11.8 Å². The number of hydrogen-bond acceptors (Lipinski definition) is 6. The van der Waals surface area contributed by atoms with Gasteiger partial charge in [0.2, 0.25) is 16.0 Å². The highest BCUT2D eigenvalue weighted by Gasteiger charge is 2.44. The van der Waals surface area contributed by atoms with Crippen LogP contribution in [0.5, 0.6) is 0 Å². The summed E-state index contributed by atoms with van der Waals surface area (Å²) < 4.78 is 26.4. The monoisotopic (exact) mass is 269 g/mol. The Hall–Kier alpha value is -1.25. The smallest absolute Gasteiger partial charge is 0.246 e. The van der Waals surface area contributed by atoms with Crippen molar-refractivity contribution in [2.75, 3.05) is 12.0 Å². The summed E-state index contributed by atoms with van der Waals surface area (Å²) in [4.78, 5) is 7.82. The zero-order valence-electron chi connectivity index (χ0n) is 9.78. The van der Waals surface area contributed by atoms with Gasteiger partial charge >= 0.3 is 0 Å². The molecule has 7 nitrogen and oxygen atoms in total. The Labute approximate surface area is 105 Å². The molecule has 1 saturated heterocycles. The summed E-state index contributed by atoms with van der Waals surface area (Å²) in [5.74, 6) is 5.87. The number of nitrogens with two attached hydrogens (primary N) is 1. The number of nitrogens with zero attached hydrogens (tertiary/aromatic N) is 3. The molecular weight excluding hydrogens is 254 g/mol. The molecule has 18 heavy (non-hydrogen) atoms. The zero-order valence-corrected chi connectivity index (χ0v) is 10.6. The molecule has 2 unspecified atom stereocenters. The fourth-order valence-corrected chi connectivity index (χ4v) is 4.47. The van der Waals surface area contributed by atoms with Crippen LogP contribution in [0, 0.1) is 5.92 Å². The first-order chi connectivity index (χ1) is 8.61. The van der Waals surface area contributed by atoms with Crippen molar-refractivity contribution in [3.8, 4) is 0 Å². The molecule has 1 saturated carbocycles. The predicted octanol–water partition coefficient (Wildman–Crippen LogP) is -0.0648. The van der Waals surface area contributed by atoms with Crippen molar-refractivity contribution >= 4 is 16.0 Å². The average molecular weight is 269 g/mol. The Balaban J connectivity index is 1.89. The minimum Gasteiger partial charge on any atom is -0.292 e. The molecule has 0 amide bonds. The molecular formula is C10H15N5O2S. The van der Waals surface area contributed by atoms with E-state index in [9.17, 15) is 8.42 Å². The van der Waals surface area contributed by atoms with E-state index in [-0.39, 0.29) is 16.9 Å². The standard InChI is InChI=1S/C10H15N5O2S/c11-14-10-12-4-9(5-13-10)18(16,17)15-6-7-1-2-8(15)3-7/h4-5,7-8H,1-3,6,11H2,(H,12,13,14). The molecule has 0 aromatic carbocycles. The first-order valence-corrected chi connectivity index (χ1v) is 7.36. The number of hydrazine groups is 1. The minimum atomic E-state index is -3.45. The number of piperidine rings is 1. The predicted molar refractivity (Wildman–Crippen MR) is 64.9 cm³/mol. The van der Waals surface area contributed by atoms with E-state index in [1.807, 2.05) is 0 Å². The highest BCUT2D eigenvalue weighted by molar-refractivity contribution is 7.89. The maximum atomic E-state index is 12.4. The van der Waals surface area contributed by atoms with Crippen LogP contribution < -0.4 is 11.3 Å². The number of nitrogens with one attached hydrogen (secondary N) is 1. The Morgan fingerprint density at radius 1 is 1.33 bits per heavy atom. The van der Waals surface area contributed by atoms with Gasteiger partial charge in [-0.1, -0.05) is 0 Å². The molecule has 2 heterocycles. The second-order valence-electron chi connectivity index (χ2n) is 4.79. The molecule has 2 aliphatic rings. The van der Waals surface area contributed by atoms with Gasteiger partial charge in [-0.25, -0.2) is 24.2 Å². The van der Waals surface area contributed by atoms with Crippen LogP contribution in [0.3, 0.4) is 0 Å². The van der Waals surface area contributed by atoms with Gasteiger partial charge in [-0.05, 0) is 25.2 Å². The van der Waals surface area contributed by atoms with E-state index in [2.05, 4.69) is 15.4 Å². The molecule has 8 heteroatoms. The van der Waals surface area contributed by atoms with E-state index in [0.29, 0.717) is 12.5 Å². The summed E-state index contributed by atoms with van der Waals surface area (Å²) in [5.41, 5.74) is 2.27. The quantitative estimate of drug-likeness (QED) is 0.588. The second kappa shape index (κ2) is 4.15. The van der Waals surface area contributed by atoms with Crippen LogP contribution in [0.2, 0.25) is 0 Å². The second-order valence-corrected chi connectivity index (χ2v) is 6.68. The molecule has 1 aliphatic heterocycles. The van der Waals surface area contributed by atoms with Gasteiger partial charge < -0.3 is 0 Å². The van der Waals surface area contributed by atoms with E-state index >= 15 is 0 Å². The van der Waals surface area contributed by atoms with Crippen LogP contribution >= 0.6 is 0 Å². The number of rotatable bonds is 3. The molecule has 3 rings (SSSR count). The van der Waals surface area contributed by atoms with Crippen LogP contribution in [0.4, 0.5) is 5.95 Å². The van der Waals surface area contributed by atoms with Gasteiger partial charge in [0, 0.05) is 12.6 Å². The van der Waals surface area contributed by atoms with Crippen LogP contribution in [0.25, 0.3) is 0 Å². The molecule has 3 N–H and O–H groups in total. The molecule has 2 bridgehead atoms. The van der Waals surface area contributed by atoms with Gasteiger partial charge in [0.05, 0.1) is 12.4 Å². The van der Waals surface area contributed by atoms with Gasteiger partial charge in [-0.2, -0.15) is 4.31 Å². The van der Waals surface area contributed by atoms with E-state index in [4.69, 9.17) is 5.84 Å². The molecule has 98 valence electrons. The van der Waals surface area contributed by atoms with Crippen LogP contribution in [0.1, 0.15) is 19.3 Å². The normalized spacial score (nSPS) is 27.6. The third-order valence-electron chi connectivity index (χ3n) is 3.72. The maximum absolute atomic E-state index is 12.4. The van der Waals surface area contributed by atoms with Gasteiger partial charge in [-0.3, -0.25) is 5.43 Å². The number of sulfonamides is 1. The van der Waals surface area contributed by atoms with E-state index in [1.165, 1.54) is 12.4 Å². The van der Waals surface area contributed by atoms with Crippen molar-refractivity contribution < 1.29 is 8.42 Å². The summed E-state index contributed by atoms with van der Waals surface area (Å²) in [7, 11) is -3.45. The van der Waals surface area contributed by atoms with Crippen molar-refractivity contribution in [3.05, 3.63) is 12.4 Å². The van der Waals surface area contributed by atoms with Crippen LogP contribution in [-0.4, -0.2) is 35.3 Å². The summed E-state index contributed by atoms with van der Waals surface area (Å²) in [6, 6.07) is 0.160. The largest absolute Gasteiger partial charge is 0.292 e. The number of nitrogen functional groups attached to an aromatic ring is 1. The fourth-order valence-electron chi connectivity index (χ4n) is 2.83. The lowest BCUT2D eigenvalue weighted by molar-refractivity contribution is 0.333. The first kappa shape index (κ1) is 11.8. The van der Waals surface area contributed by atoms with E-state index in [1.54, 1.807) is 4.31 Å². The SMILES string of the molecule is NNc1ncc(S(=O)(=O)N2CC3CCC2C3)cn1. The number of hydrogen-bond donors (Lipinski definition) is 2. The highest BCUT2D eigenvalue weighted by atomic mass is 32.2. The van der Waals surface area contributed by atoms with Gasteiger partial charge in [0.15, 0.2) is 0 Å². The molecule has 1 aromatic rings. The highest BCUT2D eigenvalue weighted by Crippen LogP contribution is 2.40. The van der Waals surface area contributed by atoms with Crippen molar-refractivity contribution in [3.63, 3.8) is 0 Å². The topological polar surface area (TPSA) is 101 Å². The third kappa shape index (κ3) is 1.76. The lowest BCUT2D eigenvalue weighted by Gasteiger charge is -2.25. The van der Waals surface area contributed by atoms with Crippen molar-refractivity contribution in [2.45, 2.75) is 30.2 Å². The molecule has 0 spiro atoms. The van der Waals surface area contributed by atoms with Gasteiger partial charge in [0.25, 0.3) is 0 Å². The minimum absolute atomic E-state index is 0.133. The Morgan fingerprint density at radius 2 is 2.06 bits per heavy atom. The molecule has 2 fully saturated rings. The number of anilines is 1. The van der Waals surface area contributed by atoms with E-state index in [0.717, 1.165) is 19.3 Å².